The molecule has 0 atom stereocenters. The molecule has 2 aromatic rings. The monoisotopic (exact) mass is 379 g/mol. The largest absolute Gasteiger partial charge is 0.463 e. The van der Waals surface area contributed by atoms with Crippen LogP contribution in [0.4, 0.5) is 0 Å². The van der Waals surface area contributed by atoms with Crippen LogP contribution in [0.2, 0.25) is 0 Å². The third-order valence-electron chi connectivity index (χ3n) is 3.76. The van der Waals surface area contributed by atoms with Gasteiger partial charge in [-0.25, -0.2) is 22.7 Å². The molecule has 0 bridgehead atoms. The van der Waals surface area contributed by atoms with E-state index in [1.807, 2.05) is 0 Å². The van der Waals surface area contributed by atoms with Crippen molar-refractivity contribution in [1.82, 2.24) is 4.72 Å². The predicted octanol–water partition coefficient (Wildman–Crippen LogP) is 1.86. The number of hydrogen-bond acceptors (Lipinski definition) is 7. The second-order valence-corrected chi connectivity index (χ2v) is 7.48. The molecule has 8 nitrogen and oxygen atoms in total. The summed E-state index contributed by atoms with van der Waals surface area (Å²) in [5, 5.41) is 0. The zero-order valence-corrected chi connectivity index (χ0v) is 14.7. The van der Waals surface area contributed by atoms with Gasteiger partial charge in [-0.15, -0.1) is 0 Å². The van der Waals surface area contributed by atoms with Gasteiger partial charge in [0.25, 0.3) is 0 Å². The fraction of sp³-hybridized carbons (Fsp3) is 0.294. The number of benzene rings is 1. The molecule has 1 aromatic carbocycles. The van der Waals surface area contributed by atoms with Crippen LogP contribution in [0.5, 0.6) is 0 Å². The highest BCUT2D eigenvalue weighted by Crippen LogP contribution is 2.23. The summed E-state index contributed by atoms with van der Waals surface area (Å²) in [5.41, 5.74) is 0.441. The summed E-state index contributed by atoms with van der Waals surface area (Å²) in [6.45, 7) is -0.211. The number of hydrogen-bond donors (Lipinski definition) is 1. The molecule has 0 amide bonds. The van der Waals surface area contributed by atoms with E-state index in [9.17, 15) is 18.0 Å². The number of rotatable bonds is 7. The number of furan rings is 1. The Kier molecular flexibility index (Phi) is 5.10. The first kappa shape index (κ1) is 18.2. The highest BCUT2D eigenvalue weighted by Gasteiger charge is 2.28. The molecule has 1 fully saturated rings. The molecule has 1 aromatic heterocycles. The molecule has 1 heterocycles. The summed E-state index contributed by atoms with van der Waals surface area (Å²) < 4.78 is 41.7. The van der Waals surface area contributed by atoms with E-state index >= 15 is 0 Å². The third-order valence-corrected chi connectivity index (χ3v) is 5.27. The van der Waals surface area contributed by atoms with E-state index in [1.165, 1.54) is 43.7 Å². The van der Waals surface area contributed by atoms with Crippen molar-refractivity contribution in [3.63, 3.8) is 0 Å². The van der Waals surface area contributed by atoms with E-state index in [0.717, 1.165) is 12.8 Å². The van der Waals surface area contributed by atoms with Crippen molar-refractivity contribution in [3.8, 4) is 0 Å². The first-order chi connectivity index (χ1) is 12.4. The summed E-state index contributed by atoms with van der Waals surface area (Å²) in [7, 11) is -2.46. The van der Waals surface area contributed by atoms with Crippen molar-refractivity contribution in [2.75, 3.05) is 7.11 Å². The SMILES string of the molecule is COC(=O)c1occc1COC(=O)c1cccc(S(=O)(=O)NC2CC2)c1. The van der Waals surface area contributed by atoms with Gasteiger partial charge >= 0.3 is 11.9 Å². The fourth-order valence-electron chi connectivity index (χ4n) is 2.23. The molecule has 0 saturated heterocycles. The van der Waals surface area contributed by atoms with Crippen LogP contribution >= 0.6 is 0 Å². The minimum absolute atomic E-state index is 0.00240. The van der Waals surface area contributed by atoms with Crippen LogP contribution in [0.3, 0.4) is 0 Å². The Labute approximate surface area is 150 Å². The van der Waals surface area contributed by atoms with E-state index in [4.69, 9.17) is 9.15 Å². The number of ether oxygens (including phenoxy) is 2. The van der Waals surface area contributed by atoms with E-state index in [-0.39, 0.29) is 28.9 Å². The lowest BCUT2D eigenvalue weighted by Gasteiger charge is -2.08. The summed E-state index contributed by atoms with van der Waals surface area (Å²) in [5.74, 6) is -1.45. The quantitative estimate of drug-likeness (QED) is 0.731. The van der Waals surface area contributed by atoms with Gasteiger partial charge in [-0.1, -0.05) is 6.07 Å². The molecule has 26 heavy (non-hydrogen) atoms. The molecule has 1 aliphatic carbocycles. The molecule has 1 aliphatic rings. The van der Waals surface area contributed by atoms with Gasteiger partial charge in [0.05, 0.1) is 23.8 Å². The van der Waals surface area contributed by atoms with Crippen molar-refractivity contribution in [1.29, 1.82) is 0 Å². The van der Waals surface area contributed by atoms with Crippen LogP contribution in [-0.4, -0.2) is 33.5 Å². The van der Waals surface area contributed by atoms with E-state index in [0.29, 0.717) is 5.56 Å². The van der Waals surface area contributed by atoms with E-state index < -0.39 is 22.0 Å². The lowest BCUT2D eigenvalue weighted by atomic mass is 10.2. The Morgan fingerprint density at radius 2 is 2.00 bits per heavy atom. The van der Waals surface area contributed by atoms with Gasteiger partial charge in [-0.2, -0.15) is 0 Å². The Bertz CT molecular complexity index is 928. The number of nitrogens with one attached hydrogen (secondary N) is 1. The van der Waals surface area contributed by atoms with Crippen LogP contribution < -0.4 is 4.72 Å². The lowest BCUT2D eigenvalue weighted by Crippen LogP contribution is -2.25. The summed E-state index contributed by atoms with van der Waals surface area (Å²) >= 11 is 0. The highest BCUT2D eigenvalue weighted by atomic mass is 32.2. The van der Waals surface area contributed by atoms with Crippen LogP contribution in [0.15, 0.2) is 45.9 Å². The van der Waals surface area contributed by atoms with Crippen LogP contribution in [0.25, 0.3) is 0 Å². The number of carbonyl (C=O) groups is 2. The molecule has 0 spiro atoms. The van der Waals surface area contributed by atoms with Crippen molar-refractivity contribution in [2.24, 2.45) is 0 Å². The Morgan fingerprint density at radius 1 is 1.23 bits per heavy atom. The van der Waals surface area contributed by atoms with Gasteiger partial charge in [-0.05, 0) is 37.1 Å². The van der Waals surface area contributed by atoms with Crippen LogP contribution in [0.1, 0.15) is 39.3 Å². The zero-order chi connectivity index (χ0) is 18.7. The Morgan fingerprint density at radius 3 is 2.69 bits per heavy atom. The maximum absolute atomic E-state index is 12.2. The average Bonchev–Trinajstić information content (AvgIpc) is 3.31. The van der Waals surface area contributed by atoms with Crippen LogP contribution in [0, 0.1) is 0 Å². The lowest BCUT2D eigenvalue weighted by molar-refractivity contribution is 0.0453. The molecule has 9 heteroatoms. The molecule has 0 radical (unpaired) electrons. The van der Waals surface area contributed by atoms with Gasteiger partial charge in [0.2, 0.25) is 15.8 Å². The summed E-state index contributed by atoms with van der Waals surface area (Å²) in [6.07, 6.45) is 2.91. The minimum Gasteiger partial charge on any atom is -0.463 e. The standard InChI is InChI=1S/C17H17NO7S/c1-23-17(20)15-12(7-8-24-15)10-25-16(19)11-3-2-4-14(9-11)26(21,22)18-13-5-6-13/h2-4,7-9,13,18H,5-6,10H2,1H3. The Balaban J connectivity index is 1.70. The van der Waals surface area contributed by atoms with Gasteiger partial charge < -0.3 is 13.9 Å². The second-order valence-electron chi connectivity index (χ2n) is 5.77. The summed E-state index contributed by atoms with van der Waals surface area (Å²) in [4.78, 5) is 23.7. The number of sulfonamides is 1. The number of carbonyl (C=O) groups excluding carboxylic acids is 2. The number of esters is 2. The molecule has 0 aliphatic heterocycles. The average molecular weight is 379 g/mol. The maximum atomic E-state index is 12.2. The van der Waals surface area contributed by atoms with Crippen molar-refractivity contribution < 1.29 is 31.9 Å². The molecule has 1 N–H and O–H groups in total. The van der Waals surface area contributed by atoms with Crippen molar-refractivity contribution in [3.05, 3.63) is 53.5 Å². The van der Waals surface area contributed by atoms with Crippen molar-refractivity contribution >= 4 is 22.0 Å². The smallest absolute Gasteiger partial charge is 0.374 e. The topological polar surface area (TPSA) is 112 Å². The zero-order valence-electron chi connectivity index (χ0n) is 13.9. The normalized spacial score (nSPS) is 14.0. The predicted molar refractivity (Wildman–Crippen MR) is 89.0 cm³/mol. The van der Waals surface area contributed by atoms with Gasteiger partial charge in [-0.3, -0.25) is 0 Å². The minimum atomic E-state index is -3.67. The molecular formula is C17H17NO7S. The fourth-order valence-corrected chi connectivity index (χ4v) is 3.58. The van der Waals surface area contributed by atoms with Gasteiger partial charge in [0, 0.05) is 11.6 Å². The maximum Gasteiger partial charge on any atom is 0.374 e. The van der Waals surface area contributed by atoms with E-state index in [2.05, 4.69) is 9.46 Å². The first-order valence-electron chi connectivity index (χ1n) is 7.85. The second kappa shape index (κ2) is 7.30. The van der Waals surface area contributed by atoms with Gasteiger partial charge in [0.15, 0.2) is 0 Å². The Hall–Kier alpha value is -2.65. The number of methoxy groups -OCH3 is 1. The molecule has 138 valence electrons. The van der Waals surface area contributed by atoms with Gasteiger partial charge in [0.1, 0.15) is 6.61 Å². The molecule has 0 unspecified atom stereocenters. The molecule has 3 rings (SSSR count). The van der Waals surface area contributed by atoms with Crippen molar-refractivity contribution in [2.45, 2.75) is 30.4 Å². The molecular weight excluding hydrogens is 362 g/mol. The third kappa shape index (κ3) is 4.12. The summed E-state index contributed by atoms with van der Waals surface area (Å²) in [6, 6.07) is 7.04. The first-order valence-corrected chi connectivity index (χ1v) is 9.33. The highest BCUT2D eigenvalue weighted by molar-refractivity contribution is 7.89. The van der Waals surface area contributed by atoms with E-state index in [1.54, 1.807) is 0 Å². The molecule has 1 saturated carbocycles. The van der Waals surface area contributed by atoms with Crippen LogP contribution in [-0.2, 0) is 26.1 Å².